The minimum Gasteiger partial charge on any atom is -0.465 e. The lowest BCUT2D eigenvalue weighted by atomic mass is 10.1. The lowest BCUT2D eigenvalue weighted by Crippen LogP contribution is -2.33. The second kappa shape index (κ2) is 43.4. The number of hydrogen-bond acceptors (Lipinski definition) is 9. The van der Waals surface area contributed by atoms with E-state index in [1.165, 1.54) is 51.4 Å². The largest absolute Gasteiger partial charge is 0.465 e. The van der Waals surface area contributed by atoms with Gasteiger partial charge >= 0.3 is 18.0 Å². The van der Waals surface area contributed by atoms with Crippen LogP contribution in [0.5, 0.6) is 0 Å². The summed E-state index contributed by atoms with van der Waals surface area (Å²) in [5.41, 5.74) is 0. The number of unbranched alkanes of at least 4 members (excludes halogenated alkanes) is 15. The minimum absolute atomic E-state index is 0.00399. The predicted molar refractivity (Wildman–Crippen MR) is 230 cm³/mol. The van der Waals surface area contributed by atoms with Crippen LogP contribution in [-0.4, -0.2) is 77.5 Å². The fourth-order valence-corrected chi connectivity index (χ4v) is 5.69. The summed E-state index contributed by atoms with van der Waals surface area (Å²) in [4.78, 5) is 37.6. The maximum absolute atomic E-state index is 12.8. The Balaban J connectivity index is 4.69. The van der Waals surface area contributed by atoms with E-state index in [0.717, 1.165) is 83.5 Å². The highest BCUT2D eigenvalue weighted by molar-refractivity contribution is 5.70. The van der Waals surface area contributed by atoms with Crippen molar-refractivity contribution in [2.24, 2.45) is 5.92 Å². The van der Waals surface area contributed by atoms with Crippen LogP contribution in [0.25, 0.3) is 0 Å². The van der Waals surface area contributed by atoms with Gasteiger partial charge in [-0.05, 0) is 71.3 Å². The normalized spacial score (nSPS) is 12.8. The van der Waals surface area contributed by atoms with E-state index in [1.807, 2.05) is 0 Å². The second-order valence-electron chi connectivity index (χ2n) is 14.7. The van der Waals surface area contributed by atoms with Crippen molar-refractivity contribution >= 4 is 18.0 Å². The number of carbonyl (C=O) groups is 3. The molecule has 56 heavy (non-hydrogen) atoms. The average Bonchev–Trinajstić information content (AvgIpc) is 3.20. The van der Waals surface area contributed by atoms with Gasteiger partial charge in [0.15, 0.2) is 6.29 Å². The Kier molecular flexibility index (Phi) is 41.3. The molecule has 10 heteroatoms. The smallest absolute Gasteiger partial charge is 0.407 e. The van der Waals surface area contributed by atoms with E-state index in [-0.39, 0.29) is 32.2 Å². The first kappa shape index (κ1) is 53.3. The van der Waals surface area contributed by atoms with E-state index in [2.05, 4.69) is 67.9 Å². The van der Waals surface area contributed by atoms with Crippen molar-refractivity contribution in [3.8, 4) is 0 Å². The number of nitrogens with one attached hydrogen (secondary N) is 2. The van der Waals surface area contributed by atoms with Crippen molar-refractivity contribution in [3.63, 3.8) is 0 Å². The van der Waals surface area contributed by atoms with Crippen LogP contribution in [0.2, 0.25) is 0 Å². The molecule has 0 bridgehead atoms. The lowest BCUT2D eigenvalue weighted by Gasteiger charge is -2.20. The molecule has 326 valence electrons. The van der Waals surface area contributed by atoms with Crippen molar-refractivity contribution in [1.82, 2.24) is 10.6 Å². The Bertz CT molecular complexity index is 986. The molecule has 2 atom stereocenters. The summed E-state index contributed by atoms with van der Waals surface area (Å²) in [7, 11) is 1.80. The number of ether oxygens (including phenoxy) is 5. The number of alkyl carbamates (subject to hydrolysis) is 1. The molecule has 0 aliphatic carbocycles. The molecule has 0 saturated heterocycles. The van der Waals surface area contributed by atoms with Crippen molar-refractivity contribution in [2.75, 3.05) is 53.2 Å². The fraction of sp³-hybridized carbons (Fsp3) is 0.804. The molecule has 0 aromatic rings. The maximum atomic E-state index is 12.8. The number of allylic oxidation sites excluding steroid dienone is 6. The van der Waals surface area contributed by atoms with Gasteiger partial charge in [-0.25, -0.2) is 4.79 Å². The van der Waals surface area contributed by atoms with Gasteiger partial charge in [-0.2, -0.15) is 0 Å². The molecule has 0 aromatic heterocycles. The van der Waals surface area contributed by atoms with E-state index in [0.29, 0.717) is 39.1 Å². The Morgan fingerprint density at radius 2 is 1.04 bits per heavy atom. The third-order valence-electron chi connectivity index (χ3n) is 9.21. The number of hydrogen-bond donors (Lipinski definition) is 2. The molecule has 0 aliphatic heterocycles. The van der Waals surface area contributed by atoms with Crippen LogP contribution in [0.1, 0.15) is 175 Å². The Labute approximate surface area is 342 Å². The van der Waals surface area contributed by atoms with E-state index < -0.39 is 24.3 Å². The molecule has 2 unspecified atom stereocenters. The monoisotopic (exact) mass is 793 g/mol. The van der Waals surface area contributed by atoms with Crippen LogP contribution >= 0.6 is 0 Å². The Morgan fingerprint density at radius 3 is 1.71 bits per heavy atom. The quantitative estimate of drug-likeness (QED) is 0.0205. The molecule has 0 fully saturated rings. The van der Waals surface area contributed by atoms with Gasteiger partial charge in [-0.3, -0.25) is 9.59 Å². The van der Waals surface area contributed by atoms with Crippen molar-refractivity contribution in [1.29, 1.82) is 0 Å². The van der Waals surface area contributed by atoms with Crippen LogP contribution in [0.3, 0.4) is 0 Å². The molecule has 0 heterocycles. The summed E-state index contributed by atoms with van der Waals surface area (Å²) >= 11 is 0. The summed E-state index contributed by atoms with van der Waals surface area (Å²) in [6.45, 7) is 8.70. The van der Waals surface area contributed by atoms with Crippen LogP contribution in [0.4, 0.5) is 4.79 Å². The fourth-order valence-electron chi connectivity index (χ4n) is 5.69. The zero-order valence-corrected chi connectivity index (χ0v) is 36.3. The molecular weight excluding hydrogens is 709 g/mol. The molecule has 0 spiro atoms. The first-order valence-electron chi connectivity index (χ1n) is 22.5. The first-order chi connectivity index (χ1) is 27.5. The van der Waals surface area contributed by atoms with Crippen molar-refractivity contribution in [3.05, 3.63) is 36.5 Å². The van der Waals surface area contributed by atoms with Gasteiger partial charge in [0.2, 0.25) is 0 Å². The third kappa shape index (κ3) is 39.5. The Hall–Kier alpha value is -2.69. The maximum Gasteiger partial charge on any atom is 0.407 e. The van der Waals surface area contributed by atoms with Crippen molar-refractivity contribution in [2.45, 2.75) is 181 Å². The Morgan fingerprint density at radius 1 is 0.518 bits per heavy atom. The highest BCUT2D eigenvalue weighted by atomic mass is 16.7. The van der Waals surface area contributed by atoms with Crippen LogP contribution in [-0.2, 0) is 33.3 Å². The predicted octanol–water partition coefficient (Wildman–Crippen LogP) is 11.1. The lowest BCUT2D eigenvalue weighted by molar-refractivity contribution is -0.161. The molecule has 1 amide bonds. The third-order valence-corrected chi connectivity index (χ3v) is 9.21. The SMILES string of the molecule is CCC/C=C/CCCOC(CCC(=O)OCC(COC(=O)CCCCCCC/C=C\C/C=C\CCCCC)COC(=O)NCCNC)OCCCCCCCC. The standard InChI is InChI=1S/C46H84N2O8/c1-5-8-11-14-17-18-19-20-21-22-23-24-25-26-29-32-43(49)54-39-42(41-56-46(51)48-36-35-47-4)40-55-44(50)33-34-45(52-37-30-27-15-12-9-6-2)53-38-31-28-16-13-10-7-3/h12,15,17-18,20-21,42,45,47H,5-11,13-14,16,19,22-41H2,1-4H3,(H,48,51)/b15-12+,18-17-,21-20-. The number of esters is 2. The number of rotatable bonds is 41. The van der Waals surface area contributed by atoms with Crippen LogP contribution in [0, 0.1) is 5.92 Å². The van der Waals surface area contributed by atoms with Gasteiger partial charge in [0, 0.05) is 32.5 Å². The summed E-state index contributed by atoms with van der Waals surface area (Å²) in [6.07, 6.45) is 36.6. The van der Waals surface area contributed by atoms with Gasteiger partial charge < -0.3 is 34.3 Å². The van der Waals surface area contributed by atoms with E-state index >= 15 is 0 Å². The van der Waals surface area contributed by atoms with Gasteiger partial charge in [0.05, 0.1) is 18.9 Å². The van der Waals surface area contributed by atoms with Gasteiger partial charge in [0.25, 0.3) is 0 Å². The average molecular weight is 793 g/mol. The highest BCUT2D eigenvalue weighted by Crippen LogP contribution is 2.13. The molecule has 0 saturated carbocycles. The topological polar surface area (TPSA) is 121 Å². The van der Waals surface area contributed by atoms with Crippen LogP contribution < -0.4 is 10.6 Å². The van der Waals surface area contributed by atoms with Gasteiger partial charge in [-0.15, -0.1) is 0 Å². The van der Waals surface area contributed by atoms with Gasteiger partial charge in [0.1, 0.15) is 19.8 Å². The minimum atomic E-state index is -0.573. The molecule has 0 rings (SSSR count). The van der Waals surface area contributed by atoms with Crippen molar-refractivity contribution < 1.29 is 38.1 Å². The first-order valence-corrected chi connectivity index (χ1v) is 22.5. The van der Waals surface area contributed by atoms with E-state index in [9.17, 15) is 14.4 Å². The molecule has 0 aromatic carbocycles. The molecule has 0 aliphatic rings. The number of likely N-dealkylation sites (N-methyl/N-ethyl adjacent to an activating group) is 1. The zero-order chi connectivity index (χ0) is 41.0. The molecular formula is C46H84N2O8. The number of carbonyl (C=O) groups excluding carboxylic acids is 3. The van der Waals surface area contributed by atoms with Gasteiger partial charge in [-0.1, -0.05) is 128 Å². The van der Waals surface area contributed by atoms with Crippen LogP contribution in [0.15, 0.2) is 36.5 Å². The summed E-state index contributed by atoms with van der Waals surface area (Å²) in [6, 6.07) is 0. The molecule has 2 N–H and O–H groups in total. The summed E-state index contributed by atoms with van der Waals surface area (Å²) in [5.74, 6) is -1.18. The second-order valence-corrected chi connectivity index (χ2v) is 14.7. The zero-order valence-electron chi connectivity index (χ0n) is 36.3. The highest BCUT2D eigenvalue weighted by Gasteiger charge is 2.19. The molecule has 10 nitrogen and oxygen atoms in total. The summed E-state index contributed by atoms with van der Waals surface area (Å²) < 4.78 is 28.6. The molecule has 0 radical (unpaired) electrons. The van der Waals surface area contributed by atoms with E-state index in [4.69, 9.17) is 23.7 Å². The van der Waals surface area contributed by atoms with E-state index in [1.54, 1.807) is 7.05 Å². The summed E-state index contributed by atoms with van der Waals surface area (Å²) in [5, 5.41) is 5.62. The number of amides is 1.